The van der Waals surface area contributed by atoms with E-state index < -0.39 is 0 Å². The Morgan fingerprint density at radius 2 is 2.00 bits per heavy atom. The van der Waals surface area contributed by atoms with Gasteiger partial charge in [0.1, 0.15) is 5.82 Å². The number of nitrogens with zero attached hydrogens (tertiary/aromatic N) is 5. The summed E-state index contributed by atoms with van der Waals surface area (Å²) in [6.45, 7) is 2.95. The summed E-state index contributed by atoms with van der Waals surface area (Å²) in [4.78, 5) is 6.86. The van der Waals surface area contributed by atoms with Gasteiger partial charge in [0.25, 0.3) is 0 Å². The monoisotopic (exact) mass is 391 g/mol. The molecule has 1 aliphatic heterocycles. The molecular formula is C22H29N7. The van der Waals surface area contributed by atoms with E-state index in [1.807, 2.05) is 35.8 Å². The van der Waals surface area contributed by atoms with E-state index in [1.54, 1.807) is 0 Å². The van der Waals surface area contributed by atoms with Crippen LogP contribution in [0, 0.1) is 0 Å². The van der Waals surface area contributed by atoms with Crippen LogP contribution >= 0.6 is 0 Å². The number of aryl methyl sites for hydroxylation is 1. The van der Waals surface area contributed by atoms with E-state index in [9.17, 15) is 0 Å². The quantitative estimate of drug-likeness (QED) is 0.384. The fraction of sp³-hybridized carbons (Fsp3) is 0.409. The molecule has 7 nitrogen and oxygen atoms in total. The largest absolute Gasteiger partial charge is 0.369 e. The Balaban J connectivity index is 1.24. The minimum Gasteiger partial charge on any atom is -0.369 e. The molecule has 1 fully saturated rings. The standard InChI is InChI=1S/C22H29N7/c1-23-22(24-14-7-13-21-27-26-20-12-5-6-16-29(20)21)25-18-9-8-15-28(17-18)19-10-3-2-4-11-19/h2-6,10-12,16,18H,7-9,13-15,17H2,1H3,(H2,23,24,25). The molecule has 1 saturated heterocycles. The molecule has 4 rings (SSSR count). The van der Waals surface area contributed by atoms with E-state index in [2.05, 4.69) is 61.1 Å². The summed E-state index contributed by atoms with van der Waals surface area (Å²) in [7, 11) is 1.83. The molecule has 1 unspecified atom stereocenters. The molecule has 7 heteroatoms. The van der Waals surface area contributed by atoms with Gasteiger partial charge < -0.3 is 15.5 Å². The summed E-state index contributed by atoms with van der Waals surface area (Å²) >= 11 is 0. The van der Waals surface area contributed by atoms with Gasteiger partial charge in [-0.2, -0.15) is 0 Å². The molecule has 0 bridgehead atoms. The van der Waals surface area contributed by atoms with Crippen LogP contribution in [-0.4, -0.2) is 53.3 Å². The van der Waals surface area contributed by atoms with Crippen LogP contribution in [0.15, 0.2) is 59.7 Å². The van der Waals surface area contributed by atoms with Gasteiger partial charge in [-0.25, -0.2) is 0 Å². The highest BCUT2D eigenvalue weighted by Crippen LogP contribution is 2.19. The lowest BCUT2D eigenvalue weighted by atomic mass is 10.1. The highest BCUT2D eigenvalue weighted by Gasteiger charge is 2.20. The van der Waals surface area contributed by atoms with Crippen molar-refractivity contribution in [3.63, 3.8) is 0 Å². The molecule has 0 saturated carbocycles. The zero-order chi connectivity index (χ0) is 19.9. The van der Waals surface area contributed by atoms with Crippen LogP contribution < -0.4 is 15.5 Å². The second kappa shape index (κ2) is 9.41. The van der Waals surface area contributed by atoms with Crippen molar-refractivity contribution in [3.05, 3.63) is 60.6 Å². The number of fused-ring (bicyclic) bond motifs is 1. The number of para-hydroxylation sites is 1. The van der Waals surface area contributed by atoms with E-state index in [0.717, 1.165) is 56.3 Å². The lowest BCUT2D eigenvalue weighted by Gasteiger charge is -2.35. The first kappa shape index (κ1) is 19.2. The Bertz CT molecular complexity index is 934. The van der Waals surface area contributed by atoms with Crippen molar-refractivity contribution < 1.29 is 0 Å². The second-order valence-electron chi connectivity index (χ2n) is 7.41. The summed E-state index contributed by atoms with van der Waals surface area (Å²) in [6.07, 6.45) is 6.21. The highest BCUT2D eigenvalue weighted by molar-refractivity contribution is 5.80. The molecule has 3 heterocycles. The molecule has 1 aliphatic rings. The van der Waals surface area contributed by atoms with E-state index in [0.29, 0.717) is 6.04 Å². The maximum Gasteiger partial charge on any atom is 0.191 e. The molecular weight excluding hydrogens is 362 g/mol. The minimum absolute atomic E-state index is 0.399. The molecule has 1 atom stereocenters. The first-order valence-electron chi connectivity index (χ1n) is 10.4. The molecule has 0 radical (unpaired) electrons. The lowest BCUT2D eigenvalue weighted by Crippen LogP contribution is -2.51. The first-order chi connectivity index (χ1) is 14.3. The predicted octanol–water partition coefficient (Wildman–Crippen LogP) is 2.50. The van der Waals surface area contributed by atoms with Crippen LogP contribution in [0.25, 0.3) is 5.65 Å². The van der Waals surface area contributed by atoms with Crippen molar-refractivity contribution in [1.29, 1.82) is 0 Å². The van der Waals surface area contributed by atoms with Gasteiger partial charge in [-0.05, 0) is 43.5 Å². The number of anilines is 1. The number of guanidine groups is 1. The summed E-state index contributed by atoms with van der Waals surface area (Å²) < 4.78 is 2.05. The smallest absolute Gasteiger partial charge is 0.191 e. The maximum atomic E-state index is 4.41. The highest BCUT2D eigenvalue weighted by atomic mass is 15.2. The summed E-state index contributed by atoms with van der Waals surface area (Å²) in [5.74, 6) is 1.87. The fourth-order valence-electron chi connectivity index (χ4n) is 3.87. The summed E-state index contributed by atoms with van der Waals surface area (Å²) in [5, 5.41) is 15.5. The third-order valence-corrected chi connectivity index (χ3v) is 5.36. The predicted molar refractivity (Wildman–Crippen MR) is 117 cm³/mol. The average Bonchev–Trinajstić information content (AvgIpc) is 3.20. The number of nitrogens with one attached hydrogen (secondary N) is 2. The Morgan fingerprint density at radius 3 is 2.86 bits per heavy atom. The average molecular weight is 392 g/mol. The molecule has 0 amide bonds. The van der Waals surface area contributed by atoms with Crippen molar-refractivity contribution in [2.75, 3.05) is 31.6 Å². The van der Waals surface area contributed by atoms with Crippen LogP contribution in [0.1, 0.15) is 25.1 Å². The number of piperidine rings is 1. The van der Waals surface area contributed by atoms with Gasteiger partial charge in [0, 0.05) is 51.0 Å². The van der Waals surface area contributed by atoms with E-state index >= 15 is 0 Å². The number of hydrogen-bond acceptors (Lipinski definition) is 4. The van der Waals surface area contributed by atoms with Crippen LogP contribution in [0.5, 0.6) is 0 Å². The van der Waals surface area contributed by atoms with Crippen molar-refractivity contribution in [2.45, 2.75) is 31.7 Å². The van der Waals surface area contributed by atoms with Crippen LogP contribution in [-0.2, 0) is 6.42 Å². The van der Waals surface area contributed by atoms with Gasteiger partial charge >= 0.3 is 0 Å². The van der Waals surface area contributed by atoms with Crippen molar-refractivity contribution in [1.82, 2.24) is 25.2 Å². The lowest BCUT2D eigenvalue weighted by molar-refractivity contribution is 0.468. The Labute approximate surface area is 171 Å². The fourth-order valence-corrected chi connectivity index (χ4v) is 3.87. The Morgan fingerprint density at radius 1 is 1.14 bits per heavy atom. The molecule has 29 heavy (non-hydrogen) atoms. The van der Waals surface area contributed by atoms with Gasteiger partial charge in [0.2, 0.25) is 0 Å². The molecule has 0 spiro atoms. The second-order valence-corrected chi connectivity index (χ2v) is 7.41. The molecule has 3 aromatic rings. The number of pyridine rings is 1. The number of rotatable bonds is 6. The number of aliphatic imine (C=N–C) groups is 1. The third kappa shape index (κ3) is 4.85. The zero-order valence-corrected chi connectivity index (χ0v) is 17.0. The molecule has 2 aromatic heterocycles. The Kier molecular flexibility index (Phi) is 6.24. The van der Waals surface area contributed by atoms with Gasteiger partial charge in [0.15, 0.2) is 11.6 Å². The van der Waals surface area contributed by atoms with Crippen molar-refractivity contribution in [3.8, 4) is 0 Å². The minimum atomic E-state index is 0.399. The molecule has 0 aliphatic carbocycles. The number of benzene rings is 1. The van der Waals surface area contributed by atoms with Crippen molar-refractivity contribution >= 4 is 17.3 Å². The maximum absolute atomic E-state index is 4.41. The molecule has 1 aromatic carbocycles. The van der Waals surface area contributed by atoms with Crippen LogP contribution in [0.4, 0.5) is 5.69 Å². The summed E-state index contributed by atoms with van der Waals surface area (Å²) in [6, 6.07) is 17.0. The zero-order valence-electron chi connectivity index (χ0n) is 17.0. The SMILES string of the molecule is CN=C(NCCCc1nnc2ccccn12)NC1CCCN(c2ccccc2)C1. The van der Waals surface area contributed by atoms with Crippen LogP contribution in [0.3, 0.4) is 0 Å². The summed E-state index contributed by atoms with van der Waals surface area (Å²) in [5.41, 5.74) is 2.19. The number of aromatic nitrogens is 3. The normalized spacial score (nSPS) is 17.5. The van der Waals surface area contributed by atoms with E-state index in [4.69, 9.17) is 0 Å². The van der Waals surface area contributed by atoms with E-state index in [-0.39, 0.29) is 0 Å². The van der Waals surface area contributed by atoms with E-state index in [1.165, 1.54) is 12.1 Å². The third-order valence-electron chi connectivity index (χ3n) is 5.36. The van der Waals surface area contributed by atoms with Crippen LogP contribution in [0.2, 0.25) is 0 Å². The Hall–Kier alpha value is -3.09. The van der Waals surface area contributed by atoms with Gasteiger partial charge in [0.05, 0.1) is 0 Å². The molecule has 2 N–H and O–H groups in total. The van der Waals surface area contributed by atoms with Gasteiger partial charge in [-0.1, -0.05) is 24.3 Å². The number of hydrogen-bond donors (Lipinski definition) is 2. The van der Waals surface area contributed by atoms with Gasteiger partial charge in [-0.15, -0.1) is 10.2 Å². The topological polar surface area (TPSA) is 69.8 Å². The molecule has 152 valence electrons. The van der Waals surface area contributed by atoms with Crippen molar-refractivity contribution in [2.24, 2.45) is 4.99 Å². The van der Waals surface area contributed by atoms with Gasteiger partial charge in [-0.3, -0.25) is 9.39 Å². The first-order valence-corrected chi connectivity index (χ1v) is 10.4.